The van der Waals surface area contributed by atoms with Gasteiger partial charge in [-0.05, 0) is 79.9 Å². The fraction of sp³-hybridized carbons (Fsp3) is 0.100. The van der Waals surface area contributed by atoms with E-state index in [9.17, 15) is 0 Å². The molecule has 0 bridgehead atoms. The Bertz CT molecular complexity index is 2200. The molecule has 42 heavy (non-hydrogen) atoms. The van der Waals surface area contributed by atoms with Crippen LogP contribution in [-0.4, -0.2) is 0 Å². The van der Waals surface area contributed by atoms with E-state index in [-0.39, 0.29) is 5.41 Å². The second-order valence-electron chi connectivity index (χ2n) is 12.2. The lowest BCUT2D eigenvalue weighted by Gasteiger charge is -2.37. The van der Waals surface area contributed by atoms with Gasteiger partial charge in [-0.3, -0.25) is 0 Å². The smallest absolute Gasteiger partial charge is 0.0726 e. The maximum Gasteiger partial charge on any atom is 0.0726 e. The molecule has 0 amide bonds. The summed E-state index contributed by atoms with van der Waals surface area (Å²) in [6.07, 6.45) is 0. The Morgan fingerprint density at radius 1 is 0.500 bits per heavy atom. The van der Waals surface area contributed by atoms with Gasteiger partial charge < -0.3 is 0 Å². The number of rotatable bonds is 2. The number of hydrogen-bond acceptors (Lipinski definition) is 1. The lowest BCUT2D eigenvalue weighted by atomic mass is 9.64. The summed E-state index contributed by atoms with van der Waals surface area (Å²) < 4.78 is 2.63. The maximum absolute atomic E-state index is 7.17. The first kappa shape index (κ1) is 24.4. The van der Waals surface area contributed by atoms with Crippen molar-refractivity contribution < 1.29 is 0 Å². The highest BCUT2D eigenvalue weighted by molar-refractivity contribution is 7.25. The molecule has 2 aliphatic rings. The molecule has 200 valence electrons. The Morgan fingerprint density at radius 3 is 1.79 bits per heavy atom. The predicted molar refractivity (Wildman–Crippen MR) is 179 cm³/mol. The average Bonchev–Trinajstić information content (AvgIpc) is 3.62. The van der Waals surface area contributed by atoms with Crippen molar-refractivity contribution in [1.82, 2.24) is 0 Å². The first-order valence-electron chi connectivity index (χ1n) is 14.6. The third kappa shape index (κ3) is 2.93. The Kier molecular flexibility index (Phi) is 4.91. The first-order valence-corrected chi connectivity index (χ1v) is 15.7. The van der Waals surface area contributed by atoms with Crippen LogP contribution in [0.2, 0.25) is 5.02 Å². The second-order valence-corrected chi connectivity index (χ2v) is 13.7. The highest BCUT2D eigenvalue weighted by atomic mass is 35.5. The molecule has 1 heterocycles. The molecule has 0 radical (unpaired) electrons. The average molecular weight is 575 g/mol. The molecular formula is C40H27ClS. The van der Waals surface area contributed by atoms with Crippen molar-refractivity contribution in [2.45, 2.75) is 24.7 Å². The van der Waals surface area contributed by atoms with Gasteiger partial charge >= 0.3 is 0 Å². The fourth-order valence-electron chi connectivity index (χ4n) is 8.12. The van der Waals surface area contributed by atoms with Crippen molar-refractivity contribution in [3.63, 3.8) is 0 Å². The molecule has 0 unspecified atom stereocenters. The van der Waals surface area contributed by atoms with E-state index in [4.69, 9.17) is 11.6 Å². The van der Waals surface area contributed by atoms with Gasteiger partial charge in [0.1, 0.15) is 0 Å². The summed E-state index contributed by atoms with van der Waals surface area (Å²) in [5, 5.41) is 3.44. The Hall–Kier alpha value is -4.17. The van der Waals surface area contributed by atoms with E-state index >= 15 is 0 Å². The van der Waals surface area contributed by atoms with Crippen LogP contribution in [0, 0.1) is 0 Å². The third-order valence-corrected chi connectivity index (χ3v) is 11.2. The summed E-state index contributed by atoms with van der Waals surface area (Å²) in [4.78, 5) is 0. The summed E-state index contributed by atoms with van der Waals surface area (Å²) in [6, 6.07) is 47.2. The van der Waals surface area contributed by atoms with Gasteiger partial charge in [0.05, 0.1) is 5.41 Å². The number of thiophene rings is 1. The van der Waals surface area contributed by atoms with Crippen molar-refractivity contribution in [3.8, 4) is 22.3 Å². The molecule has 0 nitrogen and oxygen atoms in total. The minimum atomic E-state index is -0.556. The zero-order chi connectivity index (χ0) is 28.2. The molecule has 0 spiro atoms. The van der Waals surface area contributed by atoms with Crippen molar-refractivity contribution in [2.75, 3.05) is 0 Å². The van der Waals surface area contributed by atoms with Crippen LogP contribution in [0.3, 0.4) is 0 Å². The van der Waals surface area contributed by atoms with Crippen LogP contribution in [0.5, 0.6) is 0 Å². The molecule has 0 saturated heterocycles. The number of fused-ring (bicyclic) bond motifs is 9. The molecule has 0 N–H and O–H groups in total. The van der Waals surface area contributed by atoms with Crippen molar-refractivity contribution in [3.05, 3.63) is 166 Å². The summed E-state index contributed by atoms with van der Waals surface area (Å²) in [5.74, 6) is 0. The van der Waals surface area contributed by atoms with Gasteiger partial charge in [0.15, 0.2) is 0 Å². The number of hydrogen-bond donors (Lipinski definition) is 0. The molecule has 0 aliphatic heterocycles. The minimum absolute atomic E-state index is 0.161. The van der Waals surface area contributed by atoms with Crippen molar-refractivity contribution in [2.24, 2.45) is 0 Å². The first-order chi connectivity index (χ1) is 20.5. The van der Waals surface area contributed by atoms with Gasteiger partial charge in [-0.25, -0.2) is 0 Å². The van der Waals surface area contributed by atoms with Crippen LogP contribution in [0.1, 0.15) is 47.2 Å². The lowest BCUT2D eigenvalue weighted by molar-refractivity contribution is 0.658. The molecule has 2 heteroatoms. The summed E-state index contributed by atoms with van der Waals surface area (Å²) in [6.45, 7) is 4.68. The lowest BCUT2D eigenvalue weighted by Crippen LogP contribution is -2.30. The third-order valence-electron chi connectivity index (χ3n) is 9.81. The highest BCUT2D eigenvalue weighted by Gasteiger charge is 2.50. The summed E-state index contributed by atoms with van der Waals surface area (Å²) >= 11 is 9.06. The second kappa shape index (κ2) is 8.44. The Morgan fingerprint density at radius 2 is 1.05 bits per heavy atom. The Labute approximate surface area is 254 Å². The van der Waals surface area contributed by atoms with Crippen LogP contribution in [-0.2, 0) is 10.8 Å². The predicted octanol–water partition coefficient (Wildman–Crippen LogP) is 11.4. The molecule has 0 saturated carbocycles. The van der Waals surface area contributed by atoms with Crippen LogP contribution < -0.4 is 0 Å². The normalized spacial score (nSPS) is 15.4. The van der Waals surface area contributed by atoms with E-state index in [0.29, 0.717) is 0 Å². The van der Waals surface area contributed by atoms with E-state index in [1.54, 1.807) is 0 Å². The summed E-state index contributed by atoms with van der Waals surface area (Å²) in [7, 11) is 0. The molecule has 2 aliphatic carbocycles. The topological polar surface area (TPSA) is 0 Å². The van der Waals surface area contributed by atoms with Gasteiger partial charge in [-0.15, -0.1) is 11.3 Å². The standard InChI is InChI=1S/C40H27ClS/c1-39(2)29-16-7-5-14-27(29)37-33(39)22-24(41)23-34(37)40(30-17-8-3-12-25(30)26-13-4-9-18-31(26)40)32-19-11-21-36-38(32)28-15-6-10-20-35(28)42-36/h3-23H,1-2H3. The monoisotopic (exact) mass is 574 g/mol. The molecule has 7 aromatic rings. The van der Waals surface area contributed by atoms with Gasteiger partial charge in [0.2, 0.25) is 0 Å². The quantitative estimate of drug-likeness (QED) is 0.192. The largest absolute Gasteiger partial charge is 0.135 e. The highest BCUT2D eigenvalue weighted by Crippen LogP contribution is 2.62. The van der Waals surface area contributed by atoms with Gasteiger partial charge in [0, 0.05) is 30.6 Å². The molecule has 9 rings (SSSR count). The van der Waals surface area contributed by atoms with Gasteiger partial charge in [-0.1, -0.05) is 129 Å². The summed E-state index contributed by atoms with van der Waals surface area (Å²) in [5.41, 5.74) is 12.4. The van der Waals surface area contributed by atoms with Crippen molar-refractivity contribution >= 4 is 43.1 Å². The fourth-order valence-corrected chi connectivity index (χ4v) is 9.47. The van der Waals surface area contributed by atoms with Crippen molar-refractivity contribution in [1.29, 1.82) is 0 Å². The molecule has 6 aromatic carbocycles. The van der Waals surface area contributed by atoms with Crippen LogP contribution >= 0.6 is 22.9 Å². The van der Waals surface area contributed by atoms with Gasteiger partial charge in [-0.2, -0.15) is 0 Å². The maximum atomic E-state index is 7.17. The molecule has 1 aromatic heterocycles. The van der Waals surface area contributed by atoms with Crippen LogP contribution in [0.25, 0.3) is 42.4 Å². The molecular weight excluding hydrogens is 548 g/mol. The van der Waals surface area contributed by atoms with Crippen LogP contribution in [0.15, 0.2) is 127 Å². The zero-order valence-corrected chi connectivity index (χ0v) is 25.0. The van der Waals surface area contributed by atoms with E-state index in [2.05, 4.69) is 141 Å². The van der Waals surface area contributed by atoms with E-state index < -0.39 is 5.41 Å². The van der Waals surface area contributed by atoms with E-state index in [1.807, 2.05) is 11.3 Å². The van der Waals surface area contributed by atoms with E-state index in [0.717, 1.165) is 5.02 Å². The Balaban J connectivity index is 1.55. The van der Waals surface area contributed by atoms with Crippen LogP contribution in [0.4, 0.5) is 0 Å². The SMILES string of the molecule is CC1(C)c2ccccc2-c2c1cc(Cl)cc2C1(c2cccc3sc4ccccc4c23)c2ccccc2-c2ccccc21. The number of benzene rings is 6. The molecule has 0 atom stereocenters. The van der Waals surface area contributed by atoms with Gasteiger partial charge in [0.25, 0.3) is 0 Å². The minimum Gasteiger partial charge on any atom is -0.135 e. The number of halogens is 1. The van der Waals surface area contributed by atoms with E-state index in [1.165, 1.54) is 75.8 Å². The molecule has 0 fully saturated rings. The zero-order valence-electron chi connectivity index (χ0n) is 23.4.